The minimum atomic E-state index is -0.262. The lowest BCUT2D eigenvalue weighted by molar-refractivity contribution is 0.672. The van der Waals surface area contributed by atoms with E-state index in [2.05, 4.69) is 27.9 Å². The van der Waals surface area contributed by atoms with E-state index in [0.717, 1.165) is 23.4 Å². The summed E-state index contributed by atoms with van der Waals surface area (Å²) >= 11 is 1.30. The summed E-state index contributed by atoms with van der Waals surface area (Å²) in [6.07, 6.45) is 7.22. The highest BCUT2D eigenvalue weighted by molar-refractivity contribution is 7.05. The molecule has 0 aliphatic rings. The van der Waals surface area contributed by atoms with Crippen LogP contribution in [0, 0.1) is 12.3 Å². The summed E-state index contributed by atoms with van der Waals surface area (Å²) in [5, 5.41) is 4.00. The molecule has 5 heteroatoms. The lowest BCUT2D eigenvalue weighted by Gasteiger charge is -2.06. The van der Waals surface area contributed by atoms with E-state index in [9.17, 15) is 0 Å². The van der Waals surface area contributed by atoms with Crippen LogP contribution in [-0.2, 0) is 6.42 Å². The van der Waals surface area contributed by atoms with Crippen molar-refractivity contribution < 1.29 is 0 Å². The third-order valence-electron chi connectivity index (χ3n) is 1.67. The molecular weight excluding hydrogens is 184 g/mol. The van der Waals surface area contributed by atoms with Crippen molar-refractivity contribution >= 4 is 11.5 Å². The molecule has 1 aromatic heterocycles. The van der Waals surface area contributed by atoms with Crippen molar-refractivity contribution in [2.75, 3.05) is 0 Å². The predicted octanol–water partition coefficient (Wildman–Crippen LogP) is 0.628. The normalized spacial score (nSPS) is 12.4. The fourth-order valence-electron chi connectivity index (χ4n) is 1.04. The standard InChI is InChI=1S/C8H12N4S/c1-3-5-7-8(13-12-11-7)6(4-2)10-9/h2,6,10H,3,5,9H2,1H3. The second kappa shape index (κ2) is 4.92. The SMILES string of the molecule is C#CC(NN)c1snnc1CCC. The maximum atomic E-state index is 5.30. The maximum Gasteiger partial charge on any atom is 0.119 e. The molecule has 0 bridgehead atoms. The number of aromatic nitrogens is 2. The molecule has 0 aliphatic heterocycles. The summed E-state index contributed by atoms with van der Waals surface area (Å²) in [5.74, 6) is 7.85. The van der Waals surface area contributed by atoms with Gasteiger partial charge < -0.3 is 0 Å². The van der Waals surface area contributed by atoms with Gasteiger partial charge in [-0.3, -0.25) is 5.84 Å². The van der Waals surface area contributed by atoms with Crippen molar-refractivity contribution in [3.05, 3.63) is 10.6 Å². The Bertz CT molecular complexity index is 301. The summed E-state index contributed by atoms with van der Waals surface area (Å²) in [6.45, 7) is 2.09. The van der Waals surface area contributed by atoms with Gasteiger partial charge >= 0.3 is 0 Å². The molecule has 0 aliphatic carbocycles. The van der Waals surface area contributed by atoms with Crippen molar-refractivity contribution in [1.29, 1.82) is 0 Å². The van der Waals surface area contributed by atoms with Crippen molar-refractivity contribution in [2.45, 2.75) is 25.8 Å². The Morgan fingerprint density at radius 1 is 1.77 bits per heavy atom. The third kappa shape index (κ3) is 2.25. The van der Waals surface area contributed by atoms with E-state index in [4.69, 9.17) is 12.3 Å². The number of rotatable bonds is 4. The minimum Gasteiger partial charge on any atom is -0.270 e. The van der Waals surface area contributed by atoms with Gasteiger partial charge in [0.15, 0.2) is 0 Å². The van der Waals surface area contributed by atoms with E-state index >= 15 is 0 Å². The van der Waals surface area contributed by atoms with E-state index < -0.39 is 0 Å². The molecule has 0 fully saturated rings. The molecule has 1 heterocycles. The van der Waals surface area contributed by atoms with Crippen molar-refractivity contribution in [3.63, 3.8) is 0 Å². The molecule has 0 radical (unpaired) electrons. The van der Waals surface area contributed by atoms with Gasteiger partial charge in [0, 0.05) is 0 Å². The molecular formula is C8H12N4S. The molecule has 1 atom stereocenters. The van der Waals surface area contributed by atoms with Gasteiger partial charge in [-0.1, -0.05) is 23.8 Å². The first-order valence-corrected chi connectivity index (χ1v) is 4.84. The molecule has 13 heavy (non-hydrogen) atoms. The molecule has 1 aromatic rings. The number of nitrogens with zero attached hydrogens (tertiary/aromatic N) is 2. The van der Waals surface area contributed by atoms with Crippen LogP contribution in [0.1, 0.15) is 30.0 Å². The third-order valence-corrected chi connectivity index (χ3v) is 2.50. The zero-order valence-electron chi connectivity index (χ0n) is 7.45. The van der Waals surface area contributed by atoms with Crippen LogP contribution in [0.4, 0.5) is 0 Å². The van der Waals surface area contributed by atoms with E-state index in [1.807, 2.05) is 0 Å². The molecule has 0 aromatic carbocycles. The van der Waals surface area contributed by atoms with Crippen molar-refractivity contribution in [1.82, 2.24) is 15.0 Å². The smallest absolute Gasteiger partial charge is 0.119 e. The first kappa shape index (κ1) is 10.1. The van der Waals surface area contributed by atoms with Crippen LogP contribution in [-0.4, -0.2) is 9.59 Å². The largest absolute Gasteiger partial charge is 0.270 e. The predicted molar refractivity (Wildman–Crippen MR) is 52.8 cm³/mol. The van der Waals surface area contributed by atoms with Crippen LogP contribution in [0.5, 0.6) is 0 Å². The Morgan fingerprint density at radius 2 is 2.54 bits per heavy atom. The van der Waals surface area contributed by atoms with Gasteiger partial charge in [-0.15, -0.1) is 11.5 Å². The Kier molecular flexibility index (Phi) is 3.83. The zero-order valence-corrected chi connectivity index (χ0v) is 8.27. The van der Waals surface area contributed by atoms with Gasteiger partial charge in [-0.25, -0.2) is 5.43 Å². The average molecular weight is 196 g/mol. The second-order valence-electron chi connectivity index (χ2n) is 2.60. The highest BCUT2D eigenvalue weighted by atomic mass is 32.1. The summed E-state index contributed by atoms with van der Waals surface area (Å²) in [5.41, 5.74) is 3.50. The van der Waals surface area contributed by atoms with Gasteiger partial charge in [0.1, 0.15) is 6.04 Å². The lowest BCUT2D eigenvalue weighted by atomic mass is 10.1. The quantitative estimate of drug-likeness (QED) is 0.421. The average Bonchev–Trinajstić information content (AvgIpc) is 2.57. The molecule has 0 spiro atoms. The first-order chi connectivity index (χ1) is 6.33. The minimum absolute atomic E-state index is 0.262. The van der Waals surface area contributed by atoms with Gasteiger partial charge in [0.25, 0.3) is 0 Å². The molecule has 0 amide bonds. The Balaban J connectivity index is 2.86. The monoisotopic (exact) mass is 196 g/mol. The fourth-order valence-corrected chi connectivity index (χ4v) is 1.76. The van der Waals surface area contributed by atoms with Gasteiger partial charge in [-0.05, 0) is 18.0 Å². The van der Waals surface area contributed by atoms with Crippen LogP contribution >= 0.6 is 11.5 Å². The number of hydrogen-bond donors (Lipinski definition) is 2. The molecule has 0 saturated carbocycles. The van der Waals surface area contributed by atoms with E-state index in [1.165, 1.54) is 11.5 Å². The van der Waals surface area contributed by atoms with E-state index in [-0.39, 0.29) is 6.04 Å². The van der Waals surface area contributed by atoms with E-state index in [1.54, 1.807) is 0 Å². The number of hydrazine groups is 1. The number of nitrogens with two attached hydrogens (primary N) is 1. The van der Waals surface area contributed by atoms with Gasteiger partial charge in [-0.2, -0.15) is 0 Å². The highest BCUT2D eigenvalue weighted by Gasteiger charge is 2.14. The number of nitrogens with one attached hydrogen (secondary N) is 1. The van der Waals surface area contributed by atoms with Crippen LogP contribution in [0.15, 0.2) is 0 Å². The van der Waals surface area contributed by atoms with Gasteiger partial charge in [0.05, 0.1) is 10.6 Å². The summed E-state index contributed by atoms with van der Waals surface area (Å²) in [7, 11) is 0. The Hall–Kier alpha value is -0.960. The Labute approximate surface area is 81.7 Å². The van der Waals surface area contributed by atoms with Gasteiger partial charge in [0.2, 0.25) is 0 Å². The van der Waals surface area contributed by atoms with Crippen LogP contribution in [0.25, 0.3) is 0 Å². The number of aryl methyl sites for hydroxylation is 1. The summed E-state index contributed by atoms with van der Waals surface area (Å²) in [4.78, 5) is 0.951. The molecule has 70 valence electrons. The van der Waals surface area contributed by atoms with E-state index in [0.29, 0.717) is 0 Å². The highest BCUT2D eigenvalue weighted by Crippen LogP contribution is 2.19. The number of hydrogen-bond acceptors (Lipinski definition) is 5. The van der Waals surface area contributed by atoms with Crippen molar-refractivity contribution in [2.24, 2.45) is 5.84 Å². The lowest BCUT2D eigenvalue weighted by Crippen LogP contribution is -2.26. The van der Waals surface area contributed by atoms with Crippen LogP contribution in [0.2, 0.25) is 0 Å². The zero-order chi connectivity index (χ0) is 9.68. The molecule has 4 nitrogen and oxygen atoms in total. The topological polar surface area (TPSA) is 63.8 Å². The molecule has 1 rings (SSSR count). The second-order valence-corrected chi connectivity index (χ2v) is 3.39. The molecule has 1 unspecified atom stereocenters. The fraction of sp³-hybridized carbons (Fsp3) is 0.500. The molecule has 3 N–H and O–H groups in total. The molecule has 0 saturated heterocycles. The Morgan fingerprint density at radius 3 is 3.08 bits per heavy atom. The summed E-state index contributed by atoms with van der Waals surface area (Å²) in [6, 6.07) is -0.262. The number of terminal acetylenes is 1. The summed E-state index contributed by atoms with van der Waals surface area (Å²) < 4.78 is 3.86. The maximum absolute atomic E-state index is 5.30. The first-order valence-electron chi connectivity index (χ1n) is 4.06. The van der Waals surface area contributed by atoms with Crippen LogP contribution < -0.4 is 11.3 Å². The van der Waals surface area contributed by atoms with Crippen molar-refractivity contribution in [3.8, 4) is 12.3 Å². The van der Waals surface area contributed by atoms with Crippen LogP contribution in [0.3, 0.4) is 0 Å².